The summed E-state index contributed by atoms with van der Waals surface area (Å²) in [5, 5.41) is 11.1. The number of carbonyl (C=O) groups is 1. The van der Waals surface area contributed by atoms with E-state index >= 15 is 0 Å². The van der Waals surface area contributed by atoms with Gasteiger partial charge in [-0.25, -0.2) is 0 Å². The lowest BCUT2D eigenvalue weighted by atomic mass is 9.45. The van der Waals surface area contributed by atoms with Crippen molar-refractivity contribution < 1.29 is 9.90 Å². The highest BCUT2D eigenvalue weighted by Crippen LogP contribution is 2.81. The zero-order valence-corrected chi connectivity index (χ0v) is 15.0. The van der Waals surface area contributed by atoms with E-state index in [1.807, 2.05) is 6.92 Å². The van der Waals surface area contributed by atoms with Crippen LogP contribution in [0.4, 0.5) is 0 Å². The van der Waals surface area contributed by atoms with Gasteiger partial charge < -0.3 is 5.11 Å². The third kappa shape index (κ3) is 1.50. The lowest BCUT2D eigenvalue weighted by molar-refractivity contribution is -0.153. The largest absolute Gasteiger partial charge is 0.393 e. The van der Waals surface area contributed by atoms with E-state index in [1.54, 1.807) is 0 Å². The molecule has 2 nitrogen and oxygen atoms in total. The number of rotatable bonds is 1. The van der Waals surface area contributed by atoms with Crippen molar-refractivity contribution in [3.63, 3.8) is 0 Å². The van der Waals surface area contributed by atoms with Crippen molar-refractivity contribution in [1.29, 1.82) is 0 Å². The zero-order chi connectivity index (χ0) is 16.2. The van der Waals surface area contributed by atoms with Gasteiger partial charge in [-0.1, -0.05) is 13.8 Å². The molecule has 9 atom stereocenters. The fourth-order valence-corrected chi connectivity index (χ4v) is 8.98. The molecule has 0 aromatic carbocycles. The molecule has 23 heavy (non-hydrogen) atoms. The van der Waals surface area contributed by atoms with E-state index in [0.29, 0.717) is 28.4 Å². The first-order chi connectivity index (χ1) is 10.8. The van der Waals surface area contributed by atoms with Crippen LogP contribution in [0.25, 0.3) is 0 Å². The van der Waals surface area contributed by atoms with E-state index in [2.05, 4.69) is 13.8 Å². The Morgan fingerprint density at radius 3 is 2.52 bits per heavy atom. The number of fused-ring (bicyclic) bond motifs is 4. The van der Waals surface area contributed by atoms with Crippen LogP contribution in [0.1, 0.15) is 72.1 Å². The van der Waals surface area contributed by atoms with Gasteiger partial charge in [-0.15, -0.1) is 0 Å². The normalized spacial score (nSPS) is 63.0. The molecule has 5 aliphatic carbocycles. The van der Waals surface area contributed by atoms with E-state index in [4.69, 9.17) is 0 Å². The summed E-state index contributed by atoms with van der Waals surface area (Å²) in [5.74, 6) is 3.68. The smallest absolute Gasteiger partial charge is 0.133 e. The fourth-order valence-electron chi connectivity index (χ4n) is 8.98. The molecule has 0 radical (unpaired) electrons. The molecule has 0 amide bonds. The predicted molar refractivity (Wildman–Crippen MR) is 89.7 cm³/mol. The summed E-state index contributed by atoms with van der Waals surface area (Å²) in [6, 6.07) is 0. The molecule has 5 fully saturated rings. The highest BCUT2D eigenvalue weighted by atomic mass is 16.3. The van der Waals surface area contributed by atoms with Crippen LogP contribution in [0.3, 0.4) is 0 Å². The van der Waals surface area contributed by atoms with Gasteiger partial charge in [-0.2, -0.15) is 0 Å². The Labute approximate surface area is 140 Å². The van der Waals surface area contributed by atoms with Crippen LogP contribution in [0.2, 0.25) is 0 Å². The molecule has 0 aliphatic heterocycles. The van der Waals surface area contributed by atoms with Crippen molar-refractivity contribution in [1.82, 2.24) is 0 Å². The monoisotopic (exact) mass is 316 g/mol. The Kier molecular flexibility index (Phi) is 2.75. The van der Waals surface area contributed by atoms with Gasteiger partial charge in [0.1, 0.15) is 5.78 Å². The quantitative estimate of drug-likeness (QED) is 0.787. The maximum absolute atomic E-state index is 12.2. The number of carbonyl (C=O) groups excluding carboxylic acids is 1. The summed E-state index contributed by atoms with van der Waals surface area (Å²) < 4.78 is 0. The molecule has 2 heteroatoms. The Balaban J connectivity index is 1.52. The van der Waals surface area contributed by atoms with E-state index in [-0.39, 0.29) is 17.4 Å². The third-order valence-corrected chi connectivity index (χ3v) is 10.1. The number of aliphatic hydroxyl groups excluding tert-OH is 1. The molecule has 0 aromatic rings. The third-order valence-electron chi connectivity index (χ3n) is 10.1. The van der Waals surface area contributed by atoms with Crippen LogP contribution in [-0.2, 0) is 4.79 Å². The first-order valence-corrected chi connectivity index (χ1v) is 10.0. The first-order valence-electron chi connectivity index (χ1n) is 10.0. The number of aliphatic hydroxyl groups is 1. The van der Waals surface area contributed by atoms with Gasteiger partial charge in [0.2, 0.25) is 0 Å². The first kappa shape index (κ1) is 14.9. The van der Waals surface area contributed by atoms with Crippen LogP contribution in [-0.4, -0.2) is 17.0 Å². The summed E-state index contributed by atoms with van der Waals surface area (Å²) in [7, 11) is 0. The molecule has 0 aromatic heterocycles. The molecular formula is C21H32O2. The number of ketones is 1. The Bertz CT molecular complexity index is 570. The molecule has 128 valence electrons. The minimum atomic E-state index is -0.0695. The summed E-state index contributed by atoms with van der Waals surface area (Å²) in [4.78, 5) is 12.2. The average Bonchev–Trinajstić information content (AvgIpc) is 3.01. The zero-order valence-electron chi connectivity index (χ0n) is 15.0. The number of hydrogen-bond acceptors (Lipinski definition) is 2. The van der Waals surface area contributed by atoms with Crippen molar-refractivity contribution >= 4 is 5.78 Å². The van der Waals surface area contributed by atoms with E-state index in [1.165, 1.54) is 38.5 Å². The molecule has 0 unspecified atom stereocenters. The summed E-state index contributed by atoms with van der Waals surface area (Å²) in [5.41, 5.74) is 0.894. The van der Waals surface area contributed by atoms with Crippen molar-refractivity contribution in [3.05, 3.63) is 0 Å². The highest BCUT2D eigenvalue weighted by molar-refractivity contribution is 5.79. The Morgan fingerprint density at radius 1 is 1.04 bits per heavy atom. The minimum Gasteiger partial charge on any atom is -0.393 e. The second-order valence-electron chi connectivity index (χ2n) is 10.3. The second kappa shape index (κ2) is 4.23. The molecular weight excluding hydrogens is 284 g/mol. The molecule has 5 rings (SSSR count). The molecule has 1 N–H and O–H groups in total. The van der Waals surface area contributed by atoms with E-state index < -0.39 is 0 Å². The maximum atomic E-state index is 12.2. The molecule has 0 heterocycles. The van der Waals surface area contributed by atoms with Crippen LogP contribution in [0.15, 0.2) is 0 Å². The fraction of sp³-hybridized carbons (Fsp3) is 0.952. The van der Waals surface area contributed by atoms with Crippen LogP contribution >= 0.6 is 0 Å². The lowest BCUT2D eigenvalue weighted by Gasteiger charge is -2.60. The van der Waals surface area contributed by atoms with E-state index in [9.17, 15) is 9.90 Å². The molecule has 0 bridgehead atoms. The Hall–Kier alpha value is -0.370. The van der Waals surface area contributed by atoms with Gasteiger partial charge in [0.15, 0.2) is 0 Å². The highest BCUT2D eigenvalue weighted by Gasteiger charge is 2.77. The van der Waals surface area contributed by atoms with Gasteiger partial charge in [0.05, 0.1) is 6.10 Å². The van der Waals surface area contributed by atoms with Gasteiger partial charge in [0.25, 0.3) is 0 Å². The van der Waals surface area contributed by atoms with Gasteiger partial charge in [-0.3, -0.25) is 4.79 Å². The second-order valence-corrected chi connectivity index (χ2v) is 10.3. The van der Waals surface area contributed by atoms with Crippen molar-refractivity contribution in [2.45, 2.75) is 78.2 Å². The SMILES string of the molecule is CC(=O)[C@H]1CC[C@H]2[C@@H]3C[C@@H](O)[C@@]45C[C@@H]4CC[C@]5(C)[C@H]3CC[C@]12C. The minimum absolute atomic E-state index is 0.0695. The van der Waals surface area contributed by atoms with Crippen LogP contribution in [0, 0.1) is 45.8 Å². The number of Topliss-reactive ketones (excluding diaryl/α,β-unsaturated/α-hetero) is 1. The van der Waals surface area contributed by atoms with Crippen molar-refractivity contribution in [3.8, 4) is 0 Å². The molecule has 1 spiro atoms. The Morgan fingerprint density at radius 2 is 1.83 bits per heavy atom. The summed E-state index contributed by atoms with van der Waals surface area (Å²) in [6.07, 6.45) is 9.83. The molecule has 5 aliphatic rings. The number of hydrogen-bond donors (Lipinski definition) is 1. The van der Waals surface area contributed by atoms with Gasteiger partial charge in [-0.05, 0) is 92.8 Å². The lowest BCUT2D eigenvalue weighted by Crippen LogP contribution is -2.56. The summed E-state index contributed by atoms with van der Waals surface area (Å²) in [6.45, 7) is 6.74. The topological polar surface area (TPSA) is 37.3 Å². The van der Waals surface area contributed by atoms with E-state index in [0.717, 1.165) is 24.7 Å². The average molecular weight is 316 g/mol. The molecule has 5 saturated carbocycles. The molecule has 0 saturated heterocycles. The van der Waals surface area contributed by atoms with Gasteiger partial charge in [0, 0.05) is 11.3 Å². The van der Waals surface area contributed by atoms with Crippen LogP contribution < -0.4 is 0 Å². The van der Waals surface area contributed by atoms with Gasteiger partial charge >= 0.3 is 0 Å². The van der Waals surface area contributed by atoms with Crippen molar-refractivity contribution in [2.24, 2.45) is 45.8 Å². The standard InChI is InChI=1S/C21H32O2/c1-12(22)15-4-5-16-14-10-18(23)21-11-13(21)6-9-20(21,3)17(14)7-8-19(15,16)2/h13-18,23H,4-11H2,1-3H3/t13-,14-,15+,16-,17-,18+,19+,20+,21+/m0/s1. The summed E-state index contributed by atoms with van der Waals surface area (Å²) >= 11 is 0. The predicted octanol–water partition coefficient (Wildman–Crippen LogP) is 4.21. The maximum Gasteiger partial charge on any atom is 0.133 e. The van der Waals surface area contributed by atoms with Crippen molar-refractivity contribution in [2.75, 3.05) is 0 Å². The van der Waals surface area contributed by atoms with Crippen LogP contribution in [0.5, 0.6) is 0 Å².